The van der Waals surface area contributed by atoms with Gasteiger partial charge in [-0.2, -0.15) is 0 Å². The van der Waals surface area contributed by atoms with E-state index in [2.05, 4.69) is 0 Å². The maximum absolute atomic E-state index is 8.67. The summed E-state index contributed by atoms with van der Waals surface area (Å²) in [6, 6.07) is 0. The first kappa shape index (κ1) is 15.8. The van der Waals surface area contributed by atoms with Crippen molar-refractivity contribution in [3.8, 4) is 0 Å². The molecule has 1 radical (unpaired) electrons. The largest absolute Gasteiger partial charge is 0 e. The first-order valence-corrected chi connectivity index (χ1v) is 2.33. The minimum atomic E-state index is -3.69. The van der Waals surface area contributed by atoms with E-state index in [9.17, 15) is 0 Å². The van der Waals surface area contributed by atoms with Crippen molar-refractivity contribution in [2.75, 3.05) is 0 Å². The molecule has 0 unspecified atom stereocenters. The summed E-state index contributed by atoms with van der Waals surface area (Å²) in [6.07, 6.45) is 0. The summed E-state index contributed by atoms with van der Waals surface area (Å²) in [5.41, 5.74) is 0. The zero-order valence-electron chi connectivity index (χ0n) is 2.29. The van der Waals surface area contributed by atoms with Crippen molar-refractivity contribution in [3.05, 3.63) is 0 Å². The van der Waals surface area contributed by atoms with Crippen molar-refractivity contribution in [2.24, 2.45) is 0 Å². The van der Waals surface area contributed by atoms with Gasteiger partial charge < -0.3 is 0 Å². The zero-order chi connectivity index (χ0) is 3.58. The molecule has 0 aromatic carbocycles. The molecule has 1 N–H and O–H groups in total. The van der Waals surface area contributed by atoms with Crippen LogP contribution in [0.2, 0.25) is 0 Å². The quantitative estimate of drug-likeness (QED) is 0.505. The fourth-order valence-electron chi connectivity index (χ4n) is 0. The maximum atomic E-state index is 8.67. The van der Waals surface area contributed by atoms with Gasteiger partial charge in [0, 0.05) is 32.7 Å². The van der Waals surface area contributed by atoms with E-state index >= 15 is 0 Å². The molecule has 0 aliphatic heterocycles. The molecule has 3 nitrogen and oxygen atoms in total. The van der Waals surface area contributed by atoms with Crippen molar-refractivity contribution in [3.63, 3.8) is 0 Å². The number of rotatable bonds is 0. The molecule has 0 aromatic rings. The normalized spacial score (nSPS) is 4.17. The van der Waals surface area contributed by atoms with Gasteiger partial charge in [0.25, 0.3) is 0 Å². The van der Waals surface area contributed by atoms with Crippen LogP contribution in [0.15, 0.2) is 0 Å². The minimum absolute atomic E-state index is 0. The second-order valence-electron chi connectivity index (χ2n) is 0.238. The molecule has 31 valence electrons. The van der Waals surface area contributed by atoms with Crippen LogP contribution in [0.4, 0.5) is 0 Å². The van der Waals surface area contributed by atoms with Gasteiger partial charge in [-0.05, 0) is 0 Å². The Morgan fingerprint density at radius 1 is 1.33 bits per heavy atom. The molecule has 0 fully saturated rings. The molecule has 0 saturated carbocycles. The molecular weight excluding hydrogens is 228 g/mol. The Labute approximate surface area is 95.1 Å². The summed E-state index contributed by atoms with van der Waals surface area (Å²) in [5.74, 6) is 0. The van der Waals surface area contributed by atoms with Crippen LogP contribution >= 0.6 is 0 Å². The van der Waals surface area contributed by atoms with E-state index in [0.717, 1.165) is 0 Å². The average Bonchev–Trinajstić information content (AvgIpc) is 0.811. The molecule has 0 bridgehead atoms. The van der Waals surface area contributed by atoms with Crippen LogP contribution in [-0.4, -0.2) is 41.8 Å². The molecule has 6 heteroatoms. The molecule has 0 rings (SSSR count). The van der Waals surface area contributed by atoms with Gasteiger partial charge in [-0.1, -0.05) is 0 Å². The Morgan fingerprint density at radius 3 is 1.33 bits per heavy atom. The second kappa shape index (κ2) is 10.5. The van der Waals surface area contributed by atoms with Gasteiger partial charge in [-0.15, -0.1) is 0 Å². The molecule has 6 heavy (non-hydrogen) atoms. The van der Waals surface area contributed by atoms with Gasteiger partial charge in [-0.25, -0.2) is 0 Å². The van der Waals surface area contributed by atoms with Gasteiger partial charge in [0.2, 0.25) is 0 Å². The van der Waals surface area contributed by atoms with E-state index in [4.69, 9.17) is 11.4 Å². The predicted octanol–water partition coefficient (Wildman–Crippen LogP) is -1.72. The van der Waals surface area contributed by atoms with E-state index in [1.807, 2.05) is 0 Å². The Balaban J connectivity index is -0.0000000450. The van der Waals surface area contributed by atoms with Crippen molar-refractivity contribution in [1.82, 2.24) is 0 Å². The van der Waals surface area contributed by atoms with E-state index in [1.165, 1.54) is 0 Å². The second-order valence-corrected chi connectivity index (χ2v) is 0.981. The Morgan fingerprint density at radius 2 is 1.33 bits per heavy atom. The molecule has 0 heterocycles. The van der Waals surface area contributed by atoms with Crippen molar-refractivity contribution in [1.29, 1.82) is 0 Å². The van der Waals surface area contributed by atoms with E-state index in [-0.39, 0.29) is 70.4 Å². The number of hydrogen-bond donors (Lipinski definition) is 1. The van der Waals surface area contributed by atoms with E-state index in [0.29, 0.717) is 0 Å². The molecule has 0 spiro atoms. The van der Waals surface area contributed by atoms with Crippen LogP contribution in [0.1, 0.15) is 0 Å². The van der Waals surface area contributed by atoms with Gasteiger partial charge in [0.15, 0.2) is 0 Å². The van der Waals surface area contributed by atoms with Crippen LogP contribution in [0.3, 0.4) is 0 Å². The summed E-state index contributed by atoms with van der Waals surface area (Å²) in [7, 11) is 0. The van der Waals surface area contributed by atoms with Crippen LogP contribution in [-0.2, 0) is 55.5 Å². The van der Waals surface area contributed by atoms with Gasteiger partial charge >= 0.3 is 64.5 Å². The third-order valence-corrected chi connectivity index (χ3v) is 0. The van der Waals surface area contributed by atoms with Crippen LogP contribution in [0.5, 0.6) is 0 Å². The third kappa shape index (κ3) is 31.4. The SMILES string of the molecule is [CaH2].[O]=[V](=[O])[OH].[Y]. The predicted molar refractivity (Wildman–Crippen MR) is 12.1 cm³/mol. The summed E-state index contributed by atoms with van der Waals surface area (Å²) in [6.45, 7) is 0. The summed E-state index contributed by atoms with van der Waals surface area (Å²) >= 11 is -3.69. The fraction of sp³-hybridized carbons (Fsp3) is 0. The Kier molecular flexibility index (Phi) is 27.6. The topological polar surface area (TPSA) is 54.4 Å². The molecule has 0 aliphatic rings. The van der Waals surface area contributed by atoms with Crippen molar-refractivity contribution >= 4 is 37.7 Å². The van der Waals surface area contributed by atoms with Crippen LogP contribution in [0, 0.1) is 0 Å². The summed E-state index contributed by atoms with van der Waals surface area (Å²) in [4.78, 5) is 0. The monoisotopic (exact) mass is 231 g/mol. The summed E-state index contributed by atoms with van der Waals surface area (Å²) < 4.78 is 24.4. The molecular formula is H3CaO3VY. The van der Waals surface area contributed by atoms with E-state index < -0.39 is 15.4 Å². The molecule has 0 aliphatic carbocycles. The first-order valence-electron chi connectivity index (χ1n) is 0.565. The minimum Gasteiger partial charge on any atom is 0 e. The Bertz CT molecular complexity index is 59.2. The number of hydrogen-bond acceptors (Lipinski definition) is 2. The van der Waals surface area contributed by atoms with Gasteiger partial charge in [0.05, 0.1) is 0 Å². The van der Waals surface area contributed by atoms with Crippen LogP contribution in [0.25, 0.3) is 0 Å². The fourth-order valence-corrected chi connectivity index (χ4v) is 0. The van der Waals surface area contributed by atoms with Gasteiger partial charge in [-0.3, -0.25) is 0 Å². The third-order valence-electron chi connectivity index (χ3n) is 0. The van der Waals surface area contributed by atoms with Gasteiger partial charge in [0.1, 0.15) is 0 Å². The van der Waals surface area contributed by atoms with Crippen molar-refractivity contribution in [2.45, 2.75) is 0 Å². The molecule has 0 aromatic heterocycles. The van der Waals surface area contributed by atoms with Crippen molar-refractivity contribution < 1.29 is 59.5 Å². The smallest absolute Gasteiger partial charge is 0 e. The molecule has 0 saturated heterocycles. The summed E-state index contributed by atoms with van der Waals surface area (Å²) in [5, 5.41) is 0. The average molecular weight is 231 g/mol. The standard InChI is InChI=1S/Ca.H2O.2O.V.Y.2H/h;1H2;;;;;;/q;;;;+1;;;/p-1. The molecule has 0 amide bonds. The zero-order valence-corrected chi connectivity index (χ0v) is 6.52. The first-order chi connectivity index (χ1) is 1.73. The maximum Gasteiger partial charge on any atom is 0 e. The Hall–Kier alpha value is 2.51. The van der Waals surface area contributed by atoms with E-state index in [1.54, 1.807) is 0 Å². The van der Waals surface area contributed by atoms with Crippen LogP contribution < -0.4 is 0 Å². The molecule has 0 atom stereocenters.